The standard InChI is InChI=1S/C18H18ClN3O3S/c1-26(24,25)22(17-9-5-3-6-14(17)12-20)11-10-18(23)21-13-15-7-2-4-8-16(15)19/h2-9H,10-11,13H2,1H3,(H,21,23). The number of amides is 1. The zero-order valence-corrected chi connectivity index (χ0v) is 15.7. The topological polar surface area (TPSA) is 90.3 Å². The summed E-state index contributed by atoms with van der Waals surface area (Å²) in [5.74, 6) is -0.312. The Balaban J connectivity index is 2.05. The molecule has 8 heteroatoms. The molecule has 2 rings (SSSR count). The number of carbonyl (C=O) groups is 1. The molecule has 6 nitrogen and oxygen atoms in total. The maximum Gasteiger partial charge on any atom is 0.232 e. The molecule has 0 aromatic heterocycles. The van der Waals surface area contributed by atoms with Gasteiger partial charge < -0.3 is 5.32 Å². The summed E-state index contributed by atoms with van der Waals surface area (Å²) in [5, 5.41) is 12.4. The molecular formula is C18H18ClN3O3S. The van der Waals surface area contributed by atoms with Crippen molar-refractivity contribution in [1.82, 2.24) is 5.32 Å². The highest BCUT2D eigenvalue weighted by molar-refractivity contribution is 7.92. The molecule has 0 atom stereocenters. The average Bonchev–Trinajstić information content (AvgIpc) is 2.60. The Bertz CT molecular complexity index is 939. The molecule has 0 heterocycles. The lowest BCUT2D eigenvalue weighted by molar-refractivity contribution is -0.121. The van der Waals surface area contributed by atoms with E-state index in [1.54, 1.807) is 36.4 Å². The van der Waals surface area contributed by atoms with Crippen molar-refractivity contribution in [2.24, 2.45) is 0 Å². The van der Waals surface area contributed by atoms with Gasteiger partial charge in [0.2, 0.25) is 15.9 Å². The quantitative estimate of drug-likeness (QED) is 0.785. The minimum absolute atomic E-state index is 0.0444. The van der Waals surface area contributed by atoms with Crippen LogP contribution in [0.2, 0.25) is 5.02 Å². The lowest BCUT2D eigenvalue weighted by Gasteiger charge is -2.23. The third-order valence-electron chi connectivity index (χ3n) is 3.67. The fourth-order valence-electron chi connectivity index (χ4n) is 2.38. The van der Waals surface area contributed by atoms with Crippen molar-refractivity contribution in [2.45, 2.75) is 13.0 Å². The van der Waals surface area contributed by atoms with Gasteiger partial charge >= 0.3 is 0 Å². The molecule has 0 spiro atoms. The molecule has 0 saturated carbocycles. The van der Waals surface area contributed by atoms with Crippen LogP contribution in [0.5, 0.6) is 0 Å². The second-order valence-electron chi connectivity index (χ2n) is 5.58. The van der Waals surface area contributed by atoms with Crippen LogP contribution in [0.25, 0.3) is 0 Å². The lowest BCUT2D eigenvalue weighted by atomic mass is 10.2. The van der Waals surface area contributed by atoms with E-state index in [1.165, 1.54) is 6.07 Å². The van der Waals surface area contributed by atoms with Crippen LogP contribution in [-0.2, 0) is 21.4 Å². The van der Waals surface area contributed by atoms with Crippen molar-refractivity contribution < 1.29 is 13.2 Å². The maximum absolute atomic E-state index is 12.1. The fraction of sp³-hybridized carbons (Fsp3) is 0.222. The van der Waals surface area contributed by atoms with E-state index >= 15 is 0 Å². The summed E-state index contributed by atoms with van der Waals surface area (Å²) in [5.41, 5.74) is 1.27. The van der Waals surface area contributed by atoms with Crippen molar-refractivity contribution in [3.8, 4) is 6.07 Å². The van der Waals surface area contributed by atoms with E-state index in [0.29, 0.717) is 5.02 Å². The monoisotopic (exact) mass is 391 g/mol. The van der Waals surface area contributed by atoms with E-state index in [0.717, 1.165) is 16.1 Å². The van der Waals surface area contributed by atoms with Gasteiger partial charge in [-0.1, -0.05) is 41.9 Å². The summed E-state index contributed by atoms with van der Waals surface area (Å²) in [6.45, 7) is 0.193. The van der Waals surface area contributed by atoms with Crippen molar-refractivity contribution in [3.63, 3.8) is 0 Å². The van der Waals surface area contributed by atoms with Crippen LogP contribution in [0.4, 0.5) is 5.69 Å². The van der Waals surface area contributed by atoms with Crippen LogP contribution in [0.1, 0.15) is 17.5 Å². The summed E-state index contributed by atoms with van der Waals surface area (Å²) in [6.07, 6.45) is 1.00. The van der Waals surface area contributed by atoms with Crippen molar-refractivity contribution in [1.29, 1.82) is 5.26 Å². The molecule has 0 fully saturated rings. The van der Waals surface area contributed by atoms with E-state index < -0.39 is 10.0 Å². The first-order valence-electron chi connectivity index (χ1n) is 7.80. The summed E-state index contributed by atoms with van der Waals surface area (Å²) >= 11 is 6.04. The van der Waals surface area contributed by atoms with Crippen LogP contribution in [-0.4, -0.2) is 27.1 Å². The average molecular weight is 392 g/mol. The Kier molecular flexibility index (Phi) is 6.61. The molecule has 0 aliphatic carbocycles. The van der Waals surface area contributed by atoms with Gasteiger partial charge in [0.1, 0.15) is 6.07 Å². The summed E-state index contributed by atoms with van der Waals surface area (Å²) in [6, 6.07) is 15.5. The second kappa shape index (κ2) is 8.70. The minimum atomic E-state index is -3.64. The number of halogens is 1. The number of hydrogen-bond acceptors (Lipinski definition) is 4. The Labute approximate surface area is 158 Å². The van der Waals surface area contributed by atoms with Gasteiger partial charge in [0.15, 0.2) is 0 Å². The van der Waals surface area contributed by atoms with Crippen LogP contribution < -0.4 is 9.62 Å². The maximum atomic E-state index is 12.1. The SMILES string of the molecule is CS(=O)(=O)N(CCC(=O)NCc1ccccc1Cl)c1ccccc1C#N. The van der Waals surface area contributed by atoms with E-state index in [9.17, 15) is 18.5 Å². The zero-order valence-electron chi connectivity index (χ0n) is 14.1. The highest BCUT2D eigenvalue weighted by Crippen LogP contribution is 2.22. The third kappa shape index (κ3) is 5.22. The number of anilines is 1. The second-order valence-corrected chi connectivity index (χ2v) is 7.90. The number of hydrogen-bond donors (Lipinski definition) is 1. The van der Waals surface area contributed by atoms with E-state index in [1.807, 2.05) is 12.1 Å². The summed E-state index contributed by atoms with van der Waals surface area (Å²) < 4.78 is 25.3. The molecule has 0 bridgehead atoms. The van der Waals surface area contributed by atoms with Crippen LogP contribution in [0, 0.1) is 11.3 Å². The Morgan fingerprint density at radius 3 is 2.50 bits per heavy atom. The number of benzene rings is 2. The Morgan fingerprint density at radius 1 is 1.19 bits per heavy atom. The van der Waals surface area contributed by atoms with E-state index in [2.05, 4.69) is 5.32 Å². The molecule has 0 aliphatic rings. The summed E-state index contributed by atoms with van der Waals surface area (Å²) in [7, 11) is -3.64. The molecule has 0 unspecified atom stereocenters. The molecule has 0 radical (unpaired) electrons. The molecular weight excluding hydrogens is 374 g/mol. The first-order chi connectivity index (χ1) is 12.3. The zero-order chi connectivity index (χ0) is 19.2. The number of carbonyl (C=O) groups excluding carboxylic acids is 1. The highest BCUT2D eigenvalue weighted by atomic mass is 35.5. The molecule has 2 aromatic carbocycles. The number of sulfonamides is 1. The summed E-state index contributed by atoms with van der Waals surface area (Å²) in [4.78, 5) is 12.1. The van der Waals surface area contributed by atoms with Crippen molar-refractivity contribution in [2.75, 3.05) is 17.1 Å². The Morgan fingerprint density at radius 2 is 1.85 bits per heavy atom. The Hall–Kier alpha value is -2.56. The van der Waals surface area contributed by atoms with Gasteiger partial charge in [0, 0.05) is 24.5 Å². The van der Waals surface area contributed by atoms with E-state index in [4.69, 9.17) is 11.6 Å². The first-order valence-corrected chi connectivity index (χ1v) is 10.0. The number of rotatable bonds is 7. The van der Waals surface area contributed by atoms with Crippen LogP contribution >= 0.6 is 11.6 Å². The van der Waals surface area contributed by atoms with Gasteiger partial charge in [-0.05, 0) is 23.8 Å². The number of nitrogens with one attached hydrogen (secondary N) is 1. The molecule has 26 heavy (non-hydrogen) atoms. The molecule has 0 aliphatic heterocycles. The van der Waals surface area contributed by atoms with Gasteiger partial charge in [0.05, 0.1) is 17.5 Å². The van der Waals surface area contributed by atoms with Crippen LogP contribution in [0.15, 0.2) is 48.5 Å². The molecule has 136 valence electrons. The lowest BCUT2D eigenvalue weighted by Crippen LogP contribution is -2.35. The highest BCUT2D eigenvalue weighted by Gasteiger charge is 2.21. The van der Waals surface area contributed by atoms with Gasteiger partial charge in [-0.2, -0.15) is 5.26 Å². The molecule has 2 aromatic rings. The molecule has 0 saturated heterocycles. The van der Waals surface area contributed by atoms with Gasteiger partial charge in [-0.3, -0.25) is 9.10 Å². The minimum Gasteiger partial charge on any atom is -0.352 e. The number of para-hydroxylation sites is 1. The first kappa shape index (κ1) is 19.8. The largest absolute Gasteiger partial charge is 0.352 e. The smallest absolute Gasteiger partial charge is 0.232 e. The van der Waals surface area contributed by atoms with Crippen LogP contribution in [0.3, 0.4) is 0 Å². The molecule has 1 N–H and O–H groups in total. The third-order valence-corrected chi connectivity index (χ3v) is 5.22. The number of nitrogens with zero attached hydrogens (tertiary/aromatic N) is 2. The van der Waals surface area contributed by atoms with Gasteiger partial charge in [-0.25, -0.2) is 8.42 Å². The fourth-order valence-corrected chi connectivity index (χ4v) is 3.52. The van der Waals surface area contributed by atoms with Gasteiger partial charge in [0.25, 0.3) is 0 Å². The van der Waals surface area contributed by atoms with Crippen molar-refractivity contribution >= 4 is 33.2 Å². The van der Waals surface area contributed by atoms with Crippen molar-refractivity contribution in [3.05, 3.63) is 64.7 Å². The predicted molar refractivity (Wildman–Crippen MR) is 101 cm³/mol. The predicted octanol–water partition coefficient (Wildman–Crippen LogP) is 2.68. The number of nitriles is 1. The molecule has 1 amide bonds. The van der Waals surface area contributed by atoms with Gasteiger partial charge in [-0.15, -0.1) is 0 Å². The van der Waals surface area contributed by atoms with E-state index in [-0.39, 0.29) is 36.7 Å². The normalized spacial score (nSPS) is 10.8.